The highest BCUT2D eigenvalue weighted by Crippen LogP contribution is 2.40. The molecule has 0 bridgehead atoms. The monoisotopic (exact) mass is 437 g/mol. The molecule has 1 heterocycles. The Morgan fingerprint density at radius 1 is 1.20 bits per heavy atom. The first-order valence-corrected chi connectivity index (χ1v) is 9.10. The summed E-state index contributed by atoms with van der Waals surface area (Å²) in [6.07, 6.45) is -3.49. The topological polar surface area (TPSA) is 90.4 Å². The number of benzene rings is 2. The molecule has 0 aliphatic heterocycles. The average molecular weight is 438 g/mol. The van der Waals surface area contributed by atoms with Crippen LogP contribution in [0.4, 0.5) is 13.2 Å². The van der Waals surface area contributed by atoms with Crippen molar-refractivity contribution in [2.75, 3.05) is 0 Å². The van der Waals surface area contributed by atoms with Crippen LogP contribution in [0.25, 0.3) is 28.1 Å². The highest BCUT2D eigenvalue weighted by molar-refractivity contribution is 6.31. The van der Waals surface area contributed by atoms with Gasteiger partial charge in [-0.3, -0.25) is 4.79 Å². The first-order valence-electron chi connectivity index (χ1n) is 8.73. The quantitative estimate of drug-likeness (QED) is 0.473. The van der Waals surface area contributed by atoms with Crippen LogP contribution < -0.4 is 5.56 Å². The molecule has 0 saturated heterocycles. The number of alkyl halides is 3. The zero-order valence-electron chi connectivity index (χ0n) is 15.5. The number of hydrogen-bond acceptors (Lipinski definition) is 3. The molecule has 0 unspecified atom stereocenters. The number of fused-ring (bicyclic) bond motifs is 1. The molecule has 0 radical (unpaired) electrons. The summed E-state index contributed by atoms with van der Waals surface area (Å²) in [7, 11) is 0. The molecule has 3 N–H and O–H groups in total. The van der Waals surface area contributed by atoms with E-state index >= 15 is 0 Å². The van der Waals surface area contributed by atoms with Gasteiger partial charge in [-0.15, -0.1) is 0 Å². The Morgan fingerprint density at radius 2 is 1.90 bits per heavy atom. The molecular formula is C21H15ClF3NO4. The third-order valence-electron chi connectivity index (χ3n) is 4.58. The predicted octanol–water partition coefficient (Wildman–Crippen LogP) is 5.45. The number of H-pyrrole nitrogens is 1. The normalized spacial score (nSPS) is 12.4. The summed E-state index contributed by atoms with van der Waals surface area (Å²) < 4.78 is 39.9. The van der Waals surface area contributed by atoms with Crippen molar-refractivity contribution in [1.82, 2.24) is 4.98 Å². The van der Waals surface area contributed by atoms with Gasteiger partial charge in [0.15, 0.2) is 0 Å². The van der Waals surface area contributed by atoms with Crippen molar-refractivity contribution < 1.29 is 28.2 Å². The van der Waals surface area contributed by atoms with Gasteiger partial charge >= 0.3 is 12.1 Å². The van der Waals surface area contributed by atoms with Crippen LogP contribution in [0.2, 0.25) is 5.02 Å². The van der Waals surface area contributed by atoms with E-state index < -0.39 is 23.3 Å². The van der Waals surface area contributed by atoms with Gasteiger partial charge in [-0.2, -0.15) is 13.2 Å². The zero-order valence-corrected chi connectivity index (χ0v) is 16.2. The lowest BCUT2D eigenvalue weighted by Gasteiger charge is -2.15. The second-order valence-electron chi connectivity index (χ2n) is 6.49. The standard InChI is InChI=1S/C21H15ClF3NO4/c1-2-10(20(29)30)7-15-18(14-9-12(22)4-6-17(14)27)13-8-11(21(23,24)25)3-5-16(13)26-19(15)28/h3-9,27H,2H2,1H3,(H,26,28)(H,29,30). The summed E-state index contributed by atoms with van der Waals surface area (Å²) in [6.45, 7) is 1.56. The van der Waals surface area contributed by atoms with Gasteiger partial charge in [0.1, 0.15) is 5.75 Å². The Kier molecular flexibility index (Phi) is 5.63. The molecule has 0 aliphatic carbocycles. The lowest BCUT2D eigenvalue weighted by atomic mass is 9.93. The molecule has 3 aromatic rings. The van der Waals surface area contributed by atoms with Gasteiger partial charge in [-0.05, 0) is 48.9 Å². The molecule has 0 saturated carbocycles. The molecule has 2 aromatic carbocycles. The second kappa shape index (κ2) is 7.87. The van der Waals surface area contributed by atoms with Crippen LogP contribution in [-0.4, -0.2) is 21.2 Å². The Labute approximate surface area is 173 Å². The van der Waals surface area contributed by atoms with Crippen LogP contribution in [0.15, 0.2) is 46.8 Å². The number of phenols is 1. The van der Waals surface area contributed by atoms with Crippen molar-refractivity contribution in [1.29, 1.82) is 0 Å². The van der Waals surface area contributed by atoms with Gasteiger partial charge in [0, 0.05) is 38.2 Å². The maximum atomic E-state index is 13.3. The molecule has 0 amide bonds. The minimum atomic E-state index is -4.65. The largest absolute Gasteiger partial charge is 0.507 e. The van der Waals surface area contributed by atoms with E-state index in [9.17, 15) is 33.0 Å². The van der Waals surface area contributed by atoms with Gasteiger partial charge in [0.25, 0.3) is 5.56 Å². The minimum Gasteiger partial charge on any atom is -0.507 e. The number of aliphatic carboxylic acids is 1. The number of halogens is 4. The first kappa shape index (κ1) is 21.4. The summed E-state index contributed by atoms with van der Waals surface area (Å²) in [5.41, 5.74) is -1.96. The number of hydrogen-bond donors (Lipinski definition) is 3. The van der Waals surface area contributed by atoms with Crippen molar-refractivity contribution in [3.63, 3.8) is 0 Å². The molecule has 3 rings (SSSR count). The maximum absolute atomic E-state index is 13.3. The van der Waals surface area contributed by atoms with Crippen LogP contribution in [0, 0.1) is 0 Å². The van der Waals surface area contributed by atoms with Crippen molar-refractivity contribution in [3.8, 4) is 16.9 Å². The van der Waals surface area contributed by atoms with E-state index in [0.717, 1.165) is 24.3 Å². The summed E-state index contributed by atoms with van der Waals surface area (Å²) in [4.78, 5) is 26.7. The van der Waals surface area contributed by atoms with E-state index in [2.05, 4.69) is 4.98 Å². The van der Waals surface area contributed by atoms with E-state index in [-0.39, 0.29) is 50.4 Å². The molecule has 9 heteroatoms. The Morgan fingerprint density at radius 3 is 2.50 bits per heavy atom. The van der Waals surface area contributed by atoms with Crippen molar-refractivity contribution in [2.45, 2.75) is 19.5 Å². The Hall–Kier alpha value is -3.26. The summed E-state index contributed by atoms with van der Waals surface area (Å²) in [6, 6.07) is 6.69. The lowest BCUT2D eigenvalue weighted by molar-refractivity contribution is -0.137. The third kappa shape index (κ3) is 4.04. The SMILES string of the molecule is CCC(=Cc1c(-c2cc(Cl)ccc2O)c2cc(C(F)(F)F)ccc2[nH]c1=O)C(=O)O. The van der Waals surface area contributed by atoms with Crippen molar-refractivity contribution in [2.24, 2.45) is 0 Å². The van der Waals surface area contributed by atoms with Gasteiger partial charge < -0.3 is 15.2 Å². The molecular weight excluding hydrogens is 423 g/mol. The van der Waals surface area contributed by atoms with Crippen LogP contribution in [0.3, 0.4) is 0 Å². The smallest absolute Gasteiger partial charge is 0.416 e. The second-order valence-corrected chi connectivity index (χ2v) is 6.93. The number of carbonyl (C=O) groups is 1. The molecule has 0 aliphatic rings. The van der Waals surface area contributed by atoms with Gasteiger partial charge in [-0.1, -0.05) is 18.5 Å². The summed E-state index contributed by atoms with van der Waals surface area (Å²) in [5.74, 6) is -1.60. The lowest BCUT2D eigenvalue weighted by Crippen LogP contribution is -2.14. The van der Waals surface area contributed by atoms with Crippen LogP contribution in [0.5, 0.6) is 5.75 Å². The number of carboxylic acids is 1. The third-order valence-corrected chi connectivity index (χ3v) is 4.82. The zero-order chi connectivity index (χ0) is 22.2. The van der Waals surface area contributed by atoms with Crippen molar-refractivity contribution >= 4 is 34.5 Å². The first-order chi connectivity index (χ1) is 14.0. The molecule has 5 nitrogen and oxygen atoms in total. The molecule has 0 fully saturated rings. The summed E-state index contributed by atoms with van der Waals surface area (Å²) in [5, 5.41) is 19.9. The van der Waals surface area contributed by atoms with Gasteiger partial charge in [-0.25, -0.2) is 4.79 Å². The summed E-state index contributed by atoms with van der Waals surface area (Å²) >= 11 is 6.01. The fraction of sp³-hybridized carbons (Fsp3) is 0.143. The van der Waals surface area contributed by atoms with E-state index in [1.54, 1.807) is 6.92 Å². The maximum Gasteiger partial charge on any atom is 0.416 e. The highest BCUT2D eigenvalue weighted by Gasteiger charge is 2.31. The van der Waals surface area contributed by atoms with E-state index in [0.29, 0.717) is 0 Å². The van der Waals surface area contributed by atoms with E-state index in [1.807, 2.05) is 0 Å². The molecule has 1 aromatic heterocycles. The number of nitrogens with one attached hydrogen (secondary N) is 1. The fourth-order valence-electron chi connectivity index (χ4n) is 3.11. The van der Waals surface area contributed by atoms with E-state index in [4.69, 9.17) is 11.6 Å². The van der Waals surface area contributed by atoms with Gasteiger partial charge in [0.2, 0.25) is 0 Å². The minimum absolute atomic E-state index is 0.00464. The number of phenolic OH excluding ortho intramolecular Hbond substituents is 1. The highest BCUT2D eigenvalue weighted by atomic mass is 35.5. The number of aromatic amines is 1. The van der Waals surface area contributed by atoms with Crippen LogP contribution in [-0.2, 0) is 11.0 Å². The predicted molar refractivity (Wildman–Crippen MR) is 108 cm³/mol. The van der Waals surface area contributed by atoms with E-state index in [1.165, 1.54) is 18.2 Å². The molecule has 30 heavy (non-hydrogen) atoms. The molecule has 0 spiro atoms. The number of rotatable bonds is 4. The number of aromatic hydroxyl groups is 1. The van der Waals surface area contributed by atoms with Crippen LogP contribution in [0.1, 0.15) is 24.5 Å². The van der Waals surface area contributed by atoms with Gasteiger partial charge in [0.05, 0.1) is 5.56 Å². The molecule has 156 valence electrons. The Balaban J connectivity index is 2.54. The van der Waals surface area contributed by atoms with Crippen LogP contribution >= 0.6 is 11.6 Å². The van der Waals surface area contributed by atoms with Crippen molar-refractivity contribution in [3.05, 3.63) is 68.5 Å². The molecule has 0 atom stereocenters. The number of pyridine rings is 1. The Bertz CT molecular complexity index is 1250. The number of aromatic nitrogens is 1. The fourth-order valence-corrected chi connectivity index (χ4v) is 3.28. The number of carboxylic acid groups (broad SMARTS) is 1. The average Bonchev–Trinajstić information content (AvgIpc) is 2.66.